The third-order valence-electron chi connectivity index (χ3n) is 2.55. The maximum absolute atomic E-state index is 5.76. The predicted octanol–water partition coefficient (Wildman–Crippen LogP) is 1.88. The first-order valence-corrected chi connectivity index (χ1v) is 5.18. The Kier molecular flexibility index (Phi) is 3.88. The van der Waals surface area contributed by atoms with E-state index >= 15 is 0 Å². The molecule has 1 aromatic heterocycles. The Bertz CT molecular complexity index is 325. The van der Waals surface area contributed by atoms with E-state index in [0.717, 1.165) is 12.4 Å². The average Bonchev–Trinajstić information content (AvgIpc) is 2.15. The smallest absolute Gasteiger partial charge is 0.134 e. The maximum atomic E-state index is 5.76. The summed E-state index contributed by atoms with van der Waals surface area (Å²) in [6.07, 6.45) is 1.45. The van der Waals surface area contributed by atoms with Gasteiger partial charge in [0.05, 0.1) is 0 Å². The van der Waals surface area contributed by atoms with Crippen LogP contribution in [0.4, 0.5) is 5.82 Å². The van der Waals surface area contributed by atoms with E-state index in [1.54, 1.807) is 6.07 Å². The van der Waals surface area contributed by atoms with Crippen LogP contribution in [0, 0.1) is 0 Å². The van der Waals surface area contributed by atoms with E-state index < -0.39 is 0 Å². The number of anilines is 1. The first-order chi connectivity index (χ1) is 6.92. The van der Waals surface area contributed by atoms with Gasteiger partial charge in [0, 0.05) is 18.2 Å². The second-order valence-electron chi connectivity index (χ2n) is 4.29. The van der Waals surface area contributed by atoms with Crippen molar-refractivity contribution >= 4 is 17.4 Å². The Balaban J connectivity index is 2.57. The molecule has 0 aliphatic heterocycles. The zero-order chi connectivity index (χ0) is 11.5. The summed E-state index contributed by atoms with van der Waals surface area (Å²) in [5.74, 6) is 0.755. The lowest BCUT2D eigenvalue weighted by Crippen LogP contribution is -2.44. The number of nitrogens with one attached hydrogen (secondary N) is 1. The van der Waals surface area contributed by atoms with Gasteiger partial charge in [-0.05, 0) is 27.9 Å². The van der Waals surface area contributed by atoms with Crippen LogP contribution in [0.15, 0.2) is 12.4 Å². The fourth-order valence-corrected chi connectivity index (χ4v) is 1.04. The lowest BCUT2D eigenvalue weighted by atomic mass is 10.0. The molecule has 0 aromatic carbocycles. The average molecular weight is 229 g/mol. The summed E-state index contributed by atoms with van der Waals surface area (Å²) in [4.78, 5) is 10.1. The van der Waals surface area contributed by atoms with E-state index in [9.17, 15) is 0 Å². The Morgan fingerprint density at radius 1 is 1.40 bits per heavy atom. The molecule has 0 saturated heterocycles. The van der Waals surface area contributed by atoms with Crippen LogP contribution in [-0.2, 0) is 0 Å². The molecule has 0 unspecified atom stereocenters. The van der Waals surface area contributed by atoms with E-state index in [1.165, 1.54) is 6.33 Å². The third kappa shape index (κ3) is 3.64. The van der Waals surface area contributed by atoms with Crippen molar-refractivity contribution < 1.29 is 0 Å². The van der Waals surface area contributed by atoms with Gasteiger partial charge in [-0.2, -0.15) is 0 Å². The van der Waals surface area contributed by atoms with Crippen molar-refractivity contribution in [2.24, 2.45) is 0 Å². The Hall–Kier alpha value is -0.870. The number of rotatable bonds is 4. The first kappa shape index (κ1) is 12.2. The van der Waals surface area contributed by atoms with Crippen molar-refractivity contribution in [3.05, 3.63) is 17.5 Å². The topological polar surface area (TPSA) is 41.0 Å². The number of aromatic nitrogens is 2. The molecule has 0 radical (unpaired) electrons. The molecular formula is C10H17ClN4. The molecule has 84 valence electrons. The van der Waals surface area contributed by atoms with Crippen LogP contribution in [-0.4, -0.2) is 41.0 Å². The number of likely N-dealkylation sites (N-methyl/N-ethyl adjacent to an activating group) is 1. The van der Waals surface area contributed by atoms with Gasteiger partial charge in [0.15, 0.2) is 0 Å². The van der Waals surface area contributed by atoms with Crippen molar-refractivity contribution in [3.63, 3.8) is 0 Å². The summed E-state index contributed by atoms with van der Waals surface area (Å²) in [6, 6.07) is 1.72. The maximum Gasteiger partial charge on any atom is 0.134 e. The molecular weight excluding hydrogens is 212 g/mol. The standard InChI is InChI=1S/C10H17ClN4/c1-10(2,15(3)4)6-12-9-5-8(11)13-7-14-9/h5,7H,6H2,1-4H3,(H,12,13,14). The van der Waals surface area contributed by atoms with Crippen LogP contribution in [0.25, 0.3) is 0 Å². The molecule has 0 fully saturated rings. The van der Waals surface area contributed by atoms with Crippen LogP contribution in [0.2, 0.25) is 5.15 Å². The summed E-state index contributed by atoms with van der Waals surface area (Å²) in [7, 11) is 4.10. The molecule has 1 aromatic rings. The molecule has 0 saturated carbocycles. The zero-order valence-corrected chi connectivity index (χ0v) is 10.3. The molecule has 1 heterocycles. The molecule has 0 aliphatic rings. The van der Waals surface area contributed by atoms with Gasteiger partial charge in [-0.15, -0.1) is 0 Å². The highest BCUT2D eigenvalue weighted by Gasteiger charge is 2.19. The monoisotopic (exact) mass is 228 g/mol. The van der Waals surface area contributed by atoms with Crippen molar-refractivity contribution in [2.75, 3.05) is 26.0 Å². The number of nitrogens with zero attached hydrogens (tertiary/aromatic N) is 3. The molecule has 1 rings (SSSR count). The fourth-order valence-electron chi connectivity index (χ4n) is 0.895. The van der Waals surface area contributed by atoms with Gasteiger partial charge in [0.1, 0.15) is 17.3 Å². The number of hydrogen-bond acceptors (Lipinski definition) is 4. The van der Waals surface area contributed by atoms with Crippen LogP contribution < -0.4 is 5.32 Å². The minimum atomic E-state index is 0.0669. The van der Waals surface area contributed by atoms with E-state index in [0.29, 0.717) is 5.15 Å². The molecule has 5 heteroatoms. The second-order valence-corrected chi connectivity index (χ2v) is 4.67. The number of hydrogen-bond donors (Lipinski definition) is 1. The van der Waals surface area contributed by atoms with Gasteiger partial charge in [0.2, 0.25) is 0 Å². The van der Waals surface area contributed by atoms with Gasteiger partial charge in [-0.25, -0.2) is 9.97 Å². The lowest BCUT2D eigenvalue weighted by Gasteiger charge is -2.32. The zero-order valence-electron chi connectivity index (χ0n) is 9.58. The first-order valence-electron chi connectivity index (χ1n) is 4.81. The number of halogens is 1. The van der Waals surface area contributed by atoms with Gasteiger partial charge in [-0.3, -0.25) is 0 Å². The Morgan fingerprint density at radius 3 is 2.60 bits per heavy atom. The summed E-state index contributed by atoms with van der Waals surface area (Å²) in [5, 5.41) is 3.68. The van der Waals surface area contributed by atoms with Crippen LogP contribution in [0.3, 0.4) is 0 Å². The van der Waals surface area contributed by atoms with Crippen molar-refractivity contribution in [1.29, 1.82) is 0 Å². The largest absolute Gasteiger partial charge is 0.368 e. The van der Waals surface area contributed by atoms with E-state index in [-0.39, 0.29) is 5.54 Å². The lowest BCUT2D eigenvalue weighted by molar-refractivity contribution is 0.210. The highest BCUT2D eigenvalue weighted by atomic mass is 35.5. The van der Waals surface area contributed by atoms with Crippen molar-refractivity contribution in [1.82, 2.24) is 14.9 Å². The summed E-state index contributed by atoms with van der Waals surface area (Å²) in [6.45, 7) is 5.11. The quantitative estimate of drug-likeness (QED) is 0.800. The molecule has 15 heavy (non-hydrogen) atoms. The van der Waals surface area contributed by atoms with Crippen LogP contribution >= 0.6 is 11.6 Å². The minimum Gasteiger partial charge on any atom is -0.368 e. The molecule has 4 nitrogen and oxygen atoms in total. The van der Waals surface area contributed by atoms with Gasteiger partial charge in [0.25, 0.3) is 0 Å². The van der Waals surface area contributed by atoms with Crippen molar-refractivity contribution in [3.8, 4) is 0 Å². The van der Waals surface area contributed by atoms with E-state index in [4.69, 9.17) is 11.6 Å². The Labute approximate surface area is 95.7 Å². The predicted molar refractivity (Wildman–Crippen MR) is 63.3 cm³/mol. The molecule has 0 atom stereocenters. The van der Waals surface area contributed by atoms with Gasteiger partial charge < -0.3 is 10.2 Å². The molecule has 0 aliphatic carbocycles. The SMILES string of the molecule is CN(C)C(C)(C)CNc1cc(Cl)ncn1. The molecule has 0 amide bonds. The third-order valence-corrected chi connectivity index (χ3v) is 2.75. The minimum absolute atomic E-state index is 0.0669. The summed E-state index contributed by atoms with van der Waals surface area (Å²) < 4.78 is 0. The Morgan fingerprint density at radius 2 is 2.07 bits per heavy atom. The van der Waals surface area contributed by atoms with Crippen LogP contribution in [0.1, 0.15) is 13.8 Å². The van der Waals surface area contributed by atoms with Crippen LogP contribution in [0.5, 0.6) is 0 Å². The molecule has 0 bridgehead atoms. The van der Waals surface area contributed by atoms with Gasteiger partial charge >= 0.3 is 0 Å². The fraction of sp³-hybridized carbons (Fsp3) is 0.600. The van der Waals surface area contributed by atoms with Crippen molar-refractivity contribution in [2.45, 2.75) is 19.4 Å². The summed E-state index contributed by atoms with van der Waals surface area (Å²) in [5.41, 5.74) is 0.0669. The highest BCUT2D eigenvalue weighted by molar-refractivity contribution is 6.29. The summed E-state index contributed by atoms with van der Waals surface area (Å²) >= 11 is 5.76. The van der Waals surface area contributed by atoms with E-state index in [2.05, 4.69) is 48.1 Å². The highest BCUT2D eigenvalue weighted by Crippen LogP contribution is 2.13. The molecule has 1 N–H and O–H groups in total. The molecule has 0 spiro atoms. The normalized spacial score (nSPS) is 11.9. The van der Waals surface area contributed by atoms with Gasteiger partial charge in [-0.1, -0.05) is 11.6 Å². The van der Waals surface area contributed by atoms with E-state index in [1.807, 2.05) is 0 Å². The second kappa shape index (κ2) is 4.77.